The summed E-state index contributed by atoms with van der Waals surface area (Å²) in [6, 6.07) is 8.79. The summed E-state index contributed by atoms with van der Waals surface area (Å²) in [4.78, 5) is 26.3. The second-order valence-electron chi connectivity index (χ2n) is 5.19. The van der Waals surface area contributed by atoms with Gasteiger partial charge in [0.15, 0.2) is 0 Å². The van der Waals surface area contributed by atoms with Crippen LogP contribution in [0.1, 0.15) is 26.4 Å². The smallest absolute Gasteiger partial charge is 0.326 e. The maximum atomic E-state index is 12.7. The van der Waals surface area contributed by atoms with Gasteiger partial charge in [0, 0.05) is 13.0 Å². The van der Waals surface area contributed by atoms with E-state index in [1.807, 2.05) is 42.6 Å². The first-order valence-electron chi connectivity index (χ1n) is 6.72. The standard InChI is InChI=1S/C16H15NO3S/c1-10-6-7-21-14(10)15(18)17-9-12-5-3-2-4-11(12)8-13(17)16(19)20/h2-7,13H,8-9H2,1H3,(H,19,20). The summed E-state index contributed by atoms with van der Waals surface area (Å²) in [5.41, 5.74) is 2.93. The molecule has 0 saturated carbocycles. The summed E-state index contributed by atoms with van der Waals surface area (Å²) >= 11 is 1.36. The van der Waals surface area contributed by atoms with E-state index in [0.29, 0.717) is 17.8 Å². The number of carbonyl (C=O) groups is 2. The molecule has 1 aliphatic rings. The molecule has 0 radical (unpaired) electrons. The molecule has 21 heavy (non-hydrogen) atoms. The minimum atomic E-state index is -0.952. The highest BCUT2D eigenvalue weighted by molar-refractivity contribution is 7.12. The van der Waals surface area contributed by atoms with Crippen molar-refractivity contribution >= 4 is 23.2 Å². The van der Waals surface area contributed by atoms with Crippen molar-refractivity contribution in [1.29, 1.82) is 0 Å². The molecule has 1 amide bonds. The van der Waals surface area contributed by atoms with E-state index in [0.717, 1.165) is 16.7 Å². The lowest BCUT2D eigenvalue weighted by atomic mass is 9.93. The summed E-state index contributed by atoms with van der Waals surface area (Å²) in [6.45, 7) is 2.22. The number of aliphatic carboxylic acids is 1. The zero-order valence-electron chi connectivity index (χ0n) is 11.6. The summed E-state index contributed by atoms with van der Waals surface area (Å²) < 4.78 is 0. The number of amides is 1. The Hall–Kier alpha value is -2.14. The highest BCUT2D eigenvalue weighted by Crippen LogP contribution is 2.27. The molecule has 3 rings (SSSR count). The molecule has 0 saturated heterocycles. The van der Waals surface area contributed by atoms with Crippen LogP contribution in [0.25, 0.3) is 0 Å². The lowest BCUT2D eigenvalue weighted by molar-refractivity contribution is -0.142. The Morgan fingerprint density at radius 2 is 1.95 bits per heavy atom. The fraction of sp³-hybridized carbons (Fsp3) is 0.250. The Kier molecular flexibility index (Phi) is 3.51. The molecular formula is C16H15NO3S. The second kappa shape index (κ2) is 5.33. The Bertz CT molecular complexity index is 707. The number of rotatable bonds is 2. The number of carbonyl (C=O) groups excluding carboxylic acids is 1. The van der Waals surface area contributed by atoms with Crippen LogP contribution in [0.15, 0.2) is 35.7 Å². The molecular weight excluding hydrogens is 286 g/mol. The summed E-state index contributed by atoms with van der Waals surface area (Å²) in [7, 11) is 0. The van der Waals surface area contributed by atoms with E-state index in [4.69, 9.17) is 0 Å². The van der Waals surface area contributed by atoms with Crippen molar-refractivity contribution in [1.82, 2.24) is 4.90 Å². The first kappa shape index (κ1) is 13.8. The van der Waals surface area contributed by atoms with Crippen molar-refractivity contribution in [3.63, 3.8) is 0 Å². The van der Waals surface area contributed by atoms with E-state index in [1.165, 1.54) is 16.2 Å². The van der Waals surface area contributed by atoms with E-state index in [2.05, 4.69) is 0 Å². The van der Waals surface area contributed by atoms with Gasteiger partial charge in [-0.05, 0) is 35.1 Å². The fourth-order valence-corrected chi connectivity index (χ4v) is 3.56. The molecule has 108 valence electrons. The number of aryl methyl sites for hydroxylation is 1. The molecule has 5 heteroatoms. The molecule has 2 heterocycles. The van der Waals surface area contributed by atoms with Gasteiger partial charge < -0.3 is 10.0 Å². The predicted octanol–water partition coefficient (Wildman–Crippen LogP) is 2.71. The van der Waals surface area contributed by atoms with Crippen molar-refractivity contribution in [3.05, 3.63) is 57.3 Å². The number of carboxylic acid groups (broad SMARTS) is 1. The molecule has 0 fully saturated rings. The van der Waals surface area contributed by atoms with Crippen molar-refractivity contribution in [2.75, 3.05) is 0 Å². The van der Waals surface area contributed by atoms with Gasteiger partial charge >= 0.3 is 5.97 Å². The van der Waals surface area contributed by atoms with Crippen LogP contribution < -0.4 is 0 Å². The van der Waals surface area contributed by atoms with Crippen LogP contribution in [0.2, 0.25) is 0 Å². The van der Waals surface area contributed by atoms with Gasteiger partial charge in [0.05, 0.1) is 4.88 Å². The summed E-state index contributed by atoms with van der Waals surface area (Å²) in [5, 5.41) is 11.3. The topological polar surface area (TPSA) is 57.6 Å². The Morgan fingerprint density at radius 3 is 2.57 bits per heavy atom. The monoisotopic (exact) mass is 301 g/mol. The third-order valence-electron chi connectivity index (χ3n) is 3.85. The third kappa shape index (κ3) is 2.45. The minimum Gasteiger partial charge on any atom is -0.480 e. The number of hydrogen-bond donors (Lipinski definition) is 1. The van der Waals surface area contributed by atoms with E-state index < -0.39 is 12.0 Å². The molecule has 0 bridgehead atoms. The van der Waals surface area contributed by atoms with Crippen LogP contribution in [-0.2, 0) is 17.8 Å². The van der Waals surface area contributed by atoms with Crippen LogP contribution in [0.5, 0.6) is 0 Å². The van der Waals surface area contributed by atoms with Crippen LogP contribution in [0, 0.1) is 6.92 Å². The first-order valence-corrected chi connectivity index (χ1v) is 7.60. The van der Waals surface area contributed by atoms with E-state index in [-0.39, 0.29) is 5.91 Å². The predicted molar refractivity (Wildman–Crippen MR) is 80.5 cm³/mol. The van der Waals surface area contributed by atoms with Crippen LogP contribution >= 0.6 is 11.3 Å². The molecule has 0 aliphatic carbocycles. The molecule has 2 aromatic rings. The normalized spacial score (nSPS) is 17.4. The highest BCUT2D eigenvalue weighted by Gasteiger charge is 2.35. The molecule has 1 aromatic heterocycles. The fourth-order valence-electron chi connectivity index (χ4n) is 2.68. The van der Waals surface area contributed by atoms with Crippen LogP contribution in [0.4, 0.5) is 0 Å². The number of benzene rings is 1. The molecule has 1 aromatic carbocycles. The van der Waals surface area contributed by atoms with Gasteiger partial charge in [0.1, 0.15) is 6.04 Å². The van der Waals surface area contributed by atoms with E-state index >= 15 is 0 Å². The molecule has 1 N–H and O–H groups in total. The third-order valence-corrected chi connectivity index (χ3v) is 4.86. The number of fused-ring (bicyclic) bond motifs is 1. The van der Waals surface area contributed by atoms with Gasteiger partial charge in [-0.1, -0.05) is 24.3 Å². The highest BCUT2D eigenvalue weighted by atomic mass is 32.1. The van der Waals surface area contributed by atoms with Gasteiger partial charge in [0.2, 0.25) is 0 Å². The Labute approximate surface area is 126 Å². The van der Waals surface area contributed by atoms with Crippen LogP contribution in [-0.4, -0.2) is 27.9 Å². The number of hydrogen-bond acceptors (Lipinski definition) is 3. The van der Waals surface area contributed by atoms with Crippen LogP contribution in [0.3, 0.4) is 0 Å². The zero-order valence-corrected chi connectivity index (χ0v) is 12.4. The van der Waals surface area contributed by atoms with Crippen molar-refractivity contribution in [2.24, 2.45) is 0 Å². The lowest BCUT2D eigenvalue weighted by Crippen LogP contribution is -2.48. The maximum Gasteiger partial charge on any atom is 0.326 e. The summed E-state index contributed by atoms with van der Waals surface area (Å²) in [6.07, 6.45) is 0.363. The maximum absolute atomic E-state index is 12.7. The minimum absolute atomic E-state index is 0.190. The molecule has 0 spiro atoms. The SMILES string of the molecule is Cc1ccsc1C(=O)N1Cc2ccccc2CC1C(=O)O. The van der Waals surface area contributed by atoms with Gasteiger partial charge in [0.25, 0.3) is 5.91 Å². The molecule has 1 atom stereocenters. The van der Waals surface area contributed by atoms with Crippen molar-refractivity contribution in [3.8, 4) is 0 Å². The molecule has 1 unspecified atom stereocenters. The van der Waals surface area contributed by atoms with E-state index in [1.54, 1.807) is 0 Å². The lowest BCUT2D eigenvalue weighted by Gasteiger charge is -2.34. The van der Waals surface area contributed by atoms with Gasteiger partial charge in [-0.3, -0.25) is 4.79 Å². The van der Waals surface area contributed by atoms with Crippen molar-refractivity contribution in [2.45, 2.75) is 25.9 Å². The second-order valence-corrected chi connectivity index (χ2v) is 6.11. The number of nitrogens with zero attached hydrogens (tertiary/aromatic N) is 1. The van der Waals surface area contributed by atoms with Crippen molar-refractivity contribution < 1.29 is 14.7 Å². The molecule has 1 aliphatic heterocycles. The average Bonchev–Trinajstić information content (AvgIpc) is 2.91. The van der Waals surface area contributed by atoms with Gasteiger partial charge in [-0.2, -0.15) is 0 Å². The van der Waals surface area contributed by atoms with E-state index in [9.17, 15) is 14.7 Å². The number of thiophene rings is 1. The molecule has 4 nitrogen and oxygen atoms in total. The number of carboxylic acids is 1. The van der Waals surface area contributed by atoms with Gasteiger partial charge in [-0.25, -0.2) is 4.79 Å². The van der Waals surface area contributed by atoms with Gasteiger partial charge in [-0.15, -0.1) is 11.3 Å². The quantitative estimate of drug-likeness (QED) is 0.928. The Balaban J connectivity index is 1.98. The first-order chi connectivity index (χ1) is 10.1. The zero-order chi connectivity index (χ0) is 15.0. The Morgan fingerprint density at radius 1 is 1.24 bits per heavy atom. The summed E-state index contributed by atoms with van der Waals surface area (Å²) in [5.74, 6) is -1.14. The average molecular weight is 301 g/mol. The largest absolute Gasteiger partial charge is 0.480 e.